The fourth-order valence-corrected chi connectivity index (χ4v) is 1.39. The predicted octanol–water partition coefficient (Wildman–Crippen LogP) is 2.13. The molecule has 0 saturated heterocycles. The highest BCUT2D eigenvalue weighted by molar-refractivity contribution is 5.51. The van der Waals surface area contributed by atoms with Gasteiger partial charge in [0.1, 0.15) is 11.8 Å². The maximum atomic E-state index is 8.69. The minimum Gasteiger partial charge on any atom is -0.356 e. The van der Waals surface area contributed by atoms with Gasteiger partial charge in [-0.1, -0.05) is 19.0 Å². The van der Waals surface area contributed by atoms with E-state index in [0.29, 0.717) is 28.9 Å². The molecule has 0 atom stereocenters. The molecule has 2 aromatic heterocycles. The van der Waals surface area contributed by atoms with Crippen LogP contribution in [0.5, 0.6) is 0 Å². The Hall–Kier alpha value is -2.09. The van der Waals surface area contributed by atoms with Gasteiger partial charge in [-0.05, 0) is 12.0 Å². The van der Waals surface area contributed by atoms with Crippen molar-refractivity contribution in [1.82, 2.24) is 15.1 Å². The molecule has 0 aliphatic heterocycles. The van der Waals surface area contributed by atoms with Crippen LogP contribution in [-0.4, -0.2) is 15.1 Å². The highest BCUT2D eigenvalue weighted by atomic mass is 16.5. The first kappa shape index (κ1) is 10.4. The van der Waals surface area contributed by atoms with Crippen LogP contribution in [0, 0.1) is 17.2 Å². The van der Waals surface area contributed by atoms with Crippen molar-refractivity contribution in [1.29, 1.82) is 5.26 Å². The van der Waals surface area contributed by atoms with Crippen LogP contribution in [0.4, 0.5) is 0 Å². The Labute approximate surface area is 93.1 Å². The second kappa shape index (κ2) is 4.19. The lowest BCUT2D eigenvalue weighted by Crippen LogP contribution is -1.95. The molecule has 0 unspecified atom stereocenters. The molecule has 0 spiro atoms. The third-order valence-corrected chi connectivity index (χ3v) is 2.10. The molecular weight excluding hydrogens is 204 g/mol. The molecule has 82 valence electrons. The number of nitrogens with zero attached hydrogens (tertiary/aromatic N) is 3. The summed E-state index contributed by atoms with van der Waals surface area (Å²) in [6, 6.07) is 3.72. The maximum Gasteiger partial charge on any atom is 0.274 e. The minimum atomic E-state index is 0.428. The van der Waals surface area contributed by atoms with Crippen molar-refractivity contribution in [3.63, 3.8) is 0 Å². The number of H-pyrrole nitrogens is 1. The van der Waals surface area contributed by atoms with Crippen LogP contribution < -0.4 is 0 Å². The SMILES string of the molecule is CC(C)Cc1noc(-c2cc(C#N)c[nH]2)n1. The van der Waals surface area contributed by atoms with E-state index in [0.717, 1.165) is 6.42 Å². The zero-order valence-electron chi connectivity index (χ0n) is 9.19. The summed E-state index contributed by atoms with van der Waals surface area (Å²) < 4.78 is 5.11. The number of rotatable bonds is 3. The van der Waals surface area contributed by atoms with Gasteiger partial charge in [0, 0.05) is 12.6 Å². The molecule has 1 N–H and O–H groups in total. The van der Waals surface area contributed by atoms with Crippen molar-refractivity contribution in [2.45, 2.75) is 20.3 Å². The van der Waals surface area contributed by atoms with Crippen LogP contribution in [0.2, 0.25) is 0 Å². The van der Waals surface area contributed by atoms with E-state index in [4.69, 9.17) is 9.78 Å². The van der Waals surface area contributed by atoms with E-state index in [1.165, 1.54) is 0 Å². The molecule has 0 radical (unpaired) electrons. The highest BCUT2D eigenvalue weighted by Crippen LogP contribution is 2.17. The van der Waals surface area contributed by atoms with Crippen molar-refractivity contribution in [2.75, 3.05) is 0 Å². The molecule has 0 saturated carbocycles. The van der Waals surface area contributed by atoms with Crippen molar-refractivity contribution in [2.24, 2.45) is 5.92 Å². The summed E-state index contributed by atoms with van der Waals surface area (Å²) >= 11 is 0. The molecule has 0 aliphatic carbocycles. The minimum absolute atomic E-state index is 0.428. The quantitative estimate of drug-likeness (QED) is 0.852. The Morgan fingerprint density at radius 1 is 1.56 bits per heavy atom. The normalized spacial score (nSPS) is 10.6. The molecule has 5 heteroatoms. The fraction of sp³-hybridized carbons (Fsp3) is 0.364. The van der Waals surface area contributed by atoms with Crippen LogP contribution in [0.3, 0.4) is 0 Å². The summed E-state index contributed by atoms with van der Waals surface area (Å²) in [5.41, 5.74) is 1.23. The van der Waals surface area contributed by atoms with Crippen LogP contribution in [0.15, 0.2) is 16.8 Å². The first-order valence-electron chi connectivity index (χ1n) is 5.10. The lowest BCUT2D eigenvalue weighted by atomic mass is 10.1. The number of nitrogens with one attached hydrogen (secondary N) is 1. The molecule has 16 heavy (non-hydrogen) atoms. The maximum absolute atomic E-state index is 8.69. The Balaban J connectivity index is 2.21. The lowest BCUT2D eigenvalue weighted by Gasteiger charge is -1.95. The van der Waals surface area contributed by atoms with Gasteiger partial charge in [-0.15, -0.1) is 0 Å². The summed E-state index contributed by atoms with van der Waals surface area (Å²) in [5, 5.41) is 12.6. The Morgan fingerprint density at radius 3 is 3.00 bits per heavy atom. The lowest BCUT2D eigenvalue weighted by molar-refractivity contribution is 0.417. The summed E-state index contributed by atoms with van der Waals surface area (Å²) in [6.07, 6.45) is 2.40. The Morgan fingerprint density at radius 2 is 2.38 bits per heavy atom. The fourth-order valence-electron chi connectivity index (χ4n) is 1.39. The molecule has 2 aromatic rings. The number of aromatic nitrogens is 3. The molecule has 5 nitrogen and oxygen atoms in total. The summed E-state index contributed by atoms with van der Waals surface area (Å²) in [7, 11) is 0. The standard InChI is InChI=1S/C11H12N4O/c1-7(2)3-10-14-11(16-15-10)9-4-8(5-12)6-13-9/h4,6-7,13H,3H2,1-2H3. The van der Waals surface area contributed by atoms with Gasteiger partial charge in [-0.2, -0.15) is 10.2 Å². The van der Waals surface area contributed by atoms with Crippen LogP contribution >= 0.6 is 0 Å². The van der Waals surface area contributed by atoms with E-state index in [1.807, 2.05) is 6.07 Å². The largest absolute Gasteiger partial charge is 0.356 e. The van der Waals surface area contributed by atoms with E-state index in [1.54, 1.807) is 12.3 Å². The van der Waals surface area contributed by atoms with Gasteiger partial charge in [0.15, 0.2) is 5.82 Å². The monoisotopic (exact) mass is 216 g/mol. The zero-order valence-corrected chi connectivity index (χ0v) is 9.19. The van der Waals surface area contributed by atoms with Gasteiger partial charge >= 0.3 is 0 Å². The zero-order chi connectivity index (χ0) is 11.5. The summed E-state index contributed by atoms with van der Waals surface area (Å²) in [5.74, 6) is 1.61. The van der Waals surface area contributed by atoms with Gasteiger partial charge in [0.05, 0.1) is 5.56 Å². The van der Waals surface area contributed by atoms with Crippen molar-refractivity contribution >= 4 is 0 Å². The van der Waals surface area contributed by atoms with Crippen molar-refractivity contribution in [3.8, 4) is 17.7 Å². The van der Waals surface area contributed by atoms with Gasteiger partial charge in [-0.25, -0.2) is 0 Å². The average molecular weight is 216 g/mol. The number of hydrogen-bond acceptors (Lipinski definition) is 4. The molecule has 0 aromatic carbocycles. The third kappa shape index (κ3) is 2.11. The molecule has 0 aliphatic rings. The Kier molecular flexibility index (Phi) is 2.73. The van der Waals surface area contributed by atoms with Gasteiger partial charge in [0.25, 0.3) is 5.89 Å². The van der Waals surface area contributed by atoms with Gasteiger partial charge in [-0.3, -0.25) is 0 Å². The van der Waals surface area contributed by atoms with Crippen molar-refractivity contribution < 1.29 is 4.52 Å². The Bertz CT molecular complexity index is 518. The van der Waals surface area contributed by atoms with E-state index < -0.39 is 0 Å². The number of aromatic amines is 1. The average Bonchev–Trinajstić information content (AvgIpc) is 2.83. The highest BCUT2D eigenvalue weighted by Gasteiger charge is 2.11. The van der Waals surface area contributed by atoms with E-state index >= 15 is 0 Å². The third-order valence-electron chi connectivity index (χ3n) is 2.10. The first-order chi connectivity index (χ1) is 7.69. The summed E-state index contributed by atoms with van der Waals surface area (Å²) in [6.45, 7) is 4.19. The predicted molar refractivity (Wildman–Crippen MR) is 57.3 cm³/mol. The van der Waals surface area contributed by atoms with Crippen LogP contribution in [0.1, 0.15) is 25.2 Å². The molecule has 2 heterocycles. The van der Waals surface area contributed by atoms with E-state index in [-0.39, 0.29) is 0 Å². The summed E-state index contributed by atoms with van der Waals surface area (Å²) in [4.78, 5) is 7.17. The van der Waals surface area contributed by atoms with Gasteiger partial charge in [0.2, 0.25) is 0 Å². The second-order valence-corrected chi connectivity index (χ2v) is 4.03. The van der Waals surface area contributed by atoms with Crippen molar-refractivity contribution in [3.05, 3.63) is 23.7 Å². The first-order valence-corrected chi connectivity index (χ1v) is 5.10. The van der Waals surface area contributed by atoms with Crippen LogP contribution in [-0.2, 0) is 6.42 Å². The molecular formula is C11H12N4O. The molecule has 0 amide bonds. The smallest absolute Gasteiger partial charge is 0.274 e. The van der Waals surface area contributed by atoms with Gasteiger partial charge < -0.3 is 9.51 Å². The number of hydrogen-bond donors (Lipinski definition) is 1. The second-order valence-electron chi connectivity index (χ2n) is 4.03. The van der Waals surface area contributed by atoms with E-state index in [2.05, 4.69) is 29.0 Å². The molecule has 0 bridgehead atoms. The molecule has 2 rings (SSSR count). The number of nitriles is 1. The topological polar surface area (TPSA) is 78.5 Å². The molecule has 0 fully saturated rings. The van der Waals surface area contributed by atoms with E-state index in [9.17, 15) is 0 Å². The van der Waals surface area contributed by atoms with Crippen LogP contribution in [0.25, 0.3) is 11.6 Å².